The summed E-state index contributed by atoms with van der Waals surface area (Å²) in [5, 5.41) is 0. The molecular formula is C13H20N2O2S. The number of hydrogen-bond acceptors (Lipinski definition) is 3. The van der Waals surface area contributed by atoms with Crippen molar-refractivity contribution >= 4 is 15.7 Å². The van der Waals surface area contributed by atoms with E-state index in [1.54, 1.807) is 28.6 Å². The van der Waals surface area contributed by atoms with Gasteiger partial charge in [0.05, 0.1) is 4.90 Å². The minimum absolute atomic E-state index is 0.334. The quantitative estimate of drug-likeness (QED) is 0.852. The second kappa shape index (κ2) is 4.90. The summed E-state index contributed by atoms with van der Waals surface area (Å²) in [6.45, 7) is 5.54. The minimum Gasteiger partial charge on any atom is -0.399 e. The van der Waals surface area contributed by atoms with Crippen LogP contribution in [0.15, 0.2) is 29.2 Å². The van der Waals surface area contributed by atoms with Crippen LogP contribution in [0.1, 0.15) is 20.3 Å². The molecule has 0 aromatic heterocycles. The van der Waals surface area contributed by atoms with Gasteiger partial charge in [0.1, 0.15) is 0 Å². The summed E-state index contributed by atoms with van der Waals surface area (Å²) in [4.78, 5) is 0.334. The third kappa shape index (κ3) is 2.52. The van der Waals surface area contributed by atoms with E-state index in [0.29, 0.717) is 35.5 Å². The molecule has 2 rings (SSSR count). The van der Waals surface area contributed by atoms with Crippen LogP contribution in [0.2, 0.25) is 0 Å². The molecule has 0 bridgehead atoms. The van der Waals surface area contributed by atoms with Crippen molar-refractivity contribution in [2.24, 2.45) is 11.8 Å². The largest absolute Gasteiger partial charge is 0.399 e. The molecule has 0 amide bonds. The monoisotopic (exact) mass is 268 g/mol. The van der Waals surface area contributed by atoms with E-state index in [0.717, 1.165) is 6.42 Å². The SMILES string of the molecule is CC(C)C1CCN(S(=O)(=O)c2ccc(N)cc2)C1. The molecule has 1 unspecified atom stereocenters. The Balaban J connectivity index is 2.20. The zero-order valence-electron chi connectivity index (χ0n) is 10.8. The van der Waals surface area contributed by atoms with Gasteiger partial charge in [-0.25, -0.2) is 8.42 Å². The van der Waals surface area contributed by atoms with Crippen LogP contribution in [-0.4, -0.2) is 25.8 Å². The van der Waals surface area contributed by atoms with Gasteiger partial charge < -0.3 is 5.73 Å². The van der Waals surface area contributed by atoms with Gasteiger partial charge in [-0.15, -0.1) is 0 Å². The molecule has 0 saturated carbocycles. The lowest BCUT2D eigenvalue weighted by atomic mass is 9.96. The van der Waals surface area contributed by atoms with Crippen molar-refractivity contribution in [2.45, 2.75) is 25.2 Å². The van der Waals surface area contributed by atoms with E-state index in [-0.39, 0.29) is 0 Å². The number of nitrogens with zero attached hydrogens (tertiary/aromatic N) is 1. The fourth-order valence-electron chi connectivity index (χ4n) is 2.31. The summed E-state index contributed by atoms with van der Waals surface area (Å²) < 4.78 is 26.4. The highest BCUT2D eigenvalue weighted by Crippen LogP contribution is 2.28. The summed E-state index contributed by atoms with van der Waals surface area (Å²) in [5.41, 5.74) is 6.16. The second-order valence-corrected chi connectivity index (χ2v) is 7.16. The van der Waals surface area contributed by atoms with E-state index < -0.39 is 10.0 Å². The predicted octanol–water partition coefficient (Wildman–Crippen LogP) is 1.94. The number of sulfonamides is 1. The van der Waals surface area contributed by atoms with Gasteiger partial charge in [-0.3, -0.25) is 0 Å². The topological polar surface area (TPSA) is 63.4 Å². The standard InChI is InChI=1S/C13H20N2O2S/c1-10(2)11-7-8-15(9-11)18(16,17)13-5-3-12(14)4-6-13/h3-6,10-11H,7-9,14H2,1-2H3. The summed E-state index contributed by atoms with van der Waals surface area (Å²) in [7, 11) is -3.34. The van der Waals surface area contributed by atoms with Crippen molar-refractivity contribution in [1.82, 2.24) is 4.31 Å². The van der Waals surface area contributed by atoms with Crippen LogP contribution in [0.3, 0.4) is 0 Å². The Kier molecular flexibility index (Phi) is 3.64. The molecule has 1 saturated heterocycles. The van der Waals surface area contributed by atoms with E-state index in [1.165, 1.54) is 0 Å². The van der Waals surface area contributed by atoms with Gasteiger partial charge in [0.15, 0.2) is 0 Å². The Morgan fingerprint density at radius 1 is 1.28 bits per heavy atom. The third-order valence-electron chi connectivity index (χ3n) is 3.65. The van der Waals surface area contributed by atoms with Crippen LogP contribution in [0.5, 0.6) is 0 Å². The average Bonchev–Trinajstić information content (AvgIpc) is 2.79. The van der Waals surface area contributed by atoms with Crippen molar-refractivity contribution in [1.29, 1.82) is 0 Å². The maximum Gasteiger partial charge on any atom is 0.243 e. The average molecular weight is 268 g/mol. The molecule has 2 N–H and O–H groups in total. The smallest absolute Gasteiger partial charge is 0.243 e. The molecule has 1 atom stereocenters. The van der Waals surface area contributed by atoms with Gasteiger partial charge in [-0.05, 0) is 42.5 Å². The van der Waals surface area contributed by atoms with Crippen molar-refractivity contribution in [3.05, 3.63) is 24.3 Å². The normalized spacial score (nSPS) is 21.6. The van der Waals surface area contributed by atoms with Crippen LogP contribution in [0.25, 0.3) is 0 Å². The zero-order chi connectivity index (χ0) is 13.3. The Labute approximate surface area is 109 Å². The molecule has 1 fully saturated rings. The lowest BCUT2D eigenvalue weighted by Gasteiger charge is -2.18. The van der Waals surface area contributed by atoms with Gasteiger partial charge >= 0.3 is 0 Å². The summed E-state index contributed by atoms with van der Waals surface area (Å²) in [6, 6.07) is 6.41. The highest BCUT2D eigenvalue weighted by molar-refractivity contribution is 7.89. The molecule has 1 aromatic carbocycles. The summed E-state index contributed by atoms with van der Waals surface area (Å²) in [6.07, 6.45) is 0.950. The number of hydrogen-bond donors (Lipinski definition) is 1. The summed E-state index contributed by atoms with van der Waals surface area (Å²) in [5.74, 6) is 0.991. The number of nitrogens with two attached hydrogens (primary N) is 1. The van der Waals surface area contributed by atoms with E-state index in [1.807, 2.05) is 0 Å². The first-order valence-corrected chi connectivity index (χ1v) is 7.71. The van der Waals surface area contributed by atoms with Crippen LogP contribution in [-0.2, 0) is 10.0 Å². The minimum atomic E-state index is -3.34. The lowest BCUT2D eigenvalue weighted by Crippen LogP contribution is -2.29. The Bertz CT molecular complexity index is 508. The highest BCUT2D eigenvalue weighted by atomic mass is 32.2. The van der Waals surface area contributed by atoms with Crippen LogP contribution >= 0.6 is 0 Å². The molecule has 1 aliphatic heterocycles. The Morgan fingerprint density at radius 2 is 1.89 bits per heavy atom. The number of anilines is 1. The first-order chi connectivity index (χ1) is 8.41. The fourth-order valence-corrected chi connectivity index (χ4v) is 3.82. The van der Waals surface area contributed by atoms with Crippen molar-refractivity contribution in [2.75, 3.05) is 18.8 Å². The van der Waals surface area contributed by atoms with Gasteiger partial charge in [0, 0.05) is 18.8 Å². The predicted molar refractivity (Wildman–Crippen MR) is 72.6 cm³/mol. The van der Waals surface area contributed by atoms with Gasteiger partial charge in [0.2, 0.25) is 10.0 Å². The maximum atomic E-state index is 12.4. The van der Waals surface area contributed by atoms with Crippen molar-refractivity contribution in [3.63, 3.8) is 0 Å². The maximum absolute atomic E-state index is 12.4. The van der Waals surface area contributed by atoms with Crippen LogP contribution in [0.4, 0.5) is 5.69 Å². The van der Waals surface area contributed by atoms with E-state index in [9.17, 15) is 8.42 Å². The van der Waals surface area contributed by atoms with Crippen molar-refractivity contribution < 1.29 is 8.42 Å². The molecule has 5 heteroatoms. The first-order valence-electron chi connectivity index (χ1n) is 6.27. The van der Waals surface area contributed by atoms with Gasteiger partial charge in [-0.1, -0.05) is 13.8 Å². The molecule has 0 aliphatic carbocycles. The Morgan fingerprint density at radius 3 is 2.39 bits per heavy atom. The van der Waals surface area contributed by atoms with Crippen molar-refractivity contribution in [3.8, 4) is 0 Å². The zero-order valence-corrected chi connectivity index (χ0v) is 11.7. The number of benzene rings is 1. The molecule has 0 radical (unpaired) electrons. The third-order valence-corrected chi connectivity index (χ3v) is 5.53. The van der Waals surface area contributed by atoms with Crippen LogP contribution < -0.4 is 5.73 Å². The molecule has 18 heavy (non-hydrogen) atoms. The molecule has 1 aliphatic rings. The van der Waals surface area contributed by atoms with Crippen LogP contribution in [0, 0.1) is 11.8 Å². The molecular weight excluding hydrogens is 248 g/mol. The molecule has 4 nitrogen and oxygen atoms in total. The van der Waals surface area contributed by atoms with E-state index >= 15 is 0 Å². The molecule has 1 heterocycles. The fraction of sp³-hybridized carbons (Fsp3) is 0.538. The van der Waals surface area contributed by atoms with Gasteiger partial charge in [-0.2, -0.15) is 4.31 Å². The molecule has 1 aromatic rings. The Hall–Kier alpha value is -1.07. The summed E-state index contributed by atoms with van der Waals surface area (Å²) >= 11 is 0. The van der Waals surface area contributed by atoms with E-state index in [4.69, 9.17) is 5.73 Å². The molecule has 0 spiro atoms. The van der Waals surface area contributed by atoms with Gasteiger partial charge in [0.25, 0.3) is 0 Å². The first kappa shape index (κ1) is 13.4. The second-order valence-electron chi connectivity index (χ2n) is 5.22. The van der Waals surface area contributed by atoms with E-state index in [2.05, 4.69) is 13.8 Å². The highest BCUT2D eigenvalue weighted by Gasteiger charge is 2.33. The number of rotatable bonds is 3. The lowest BCUT2D eigenvalue weighted by molar-refractivity contribution is 0.388. The number of nitrogen functional groups attached to an aromatic ring is 1. The molecule has 100 valence electrons.